The number of aromatic hydroxyl groups is 1. The third-order valence-corrected chi connectivity index (χ3v) is 3.79. The zero-order valence-electron chi connectivity index (χ0n) is 13.2. The highest BCUT2D eigenvalue weighted by Crippen LogP contribution is 2.24. The number of carboxylic acid groups (broad SMARTS) is 1. The second-order valence-corrected chi connectivity index (χ2v) is 6.00. The van der Waals surface area contributed by atoms with Crippen LogP contribution in [0.4, 0.5) is 0 Å². The average Bonchev–Trinajstić information content (AvgIpc) is 2.55. The van der Waals surface area contributed by atoms with E-state index < -0.39 is 11.6 Å². The molecular weight excluding hydrogens is 332 g/mol. The van der Waals surface area contributed by atoms with E-state index in [0.29, 0.717) is 17.4 Å². The Labute approximate surface area is 145 Å². The number of aliphatic carboxylic acids is 1. The minimum Gasteiger partial charge on any atom is -0.508 e. The van der Waals surface area contributed by atoms with Crippen molar-refractivity contribution < 1.29 is 24.5 Å². The highest BCUT2D eigenvalue weighted by atomic mass is 35.5. The summed E-state index contributed by atoms with van der Waals surface area (Å²) in [6.45, 7) is 2.09. The lowest BCUT2D eigenvalue weighted by Gasteiger charge is -2.26. The second kappa shape index (κ2) is 8.04. The van der Waals surface area contributed by atoms with Gasteiger partial charge in [-0.3, -0.25) is 0 Å². The minimum absolute atomic E-state index is 0.0886. The molecule has 0 amide bonds. The third-order valence-electron chi connectivity index (χ3n) is 3.54. The first-order chi connectivity index (χ1) is 11.4. The zero-order valence-corrected chi connectivity index (χ0v) is 14.0. The molecule has 24 heavy (non-hydrogen) atoms. The van der Waals surface area contributed by atoms with E-state index in [-0.39, 0.29) is 18.8 Å². The largest absolute Gasteiger partial charge is 0.508 e. The molecule has 0 aliphatic heterocycles. The summed E-state index contributed by atoms with van der Waals surface area (Å²) in [5.74, 6) is -0.619. The van der Waals surface area contributed by atoms with Gasteiger partial charge in [0.2, 0.25) is 5.60 Å². The van der Waals surface area contributed by atoms with Crippen molar-refractivity contribution >= 4 is 17.6 Å². The number of carboxylic acids is 1. The molecule has 1 atom stereocenters. The Balaban J connectivity index is 1.89. The SMILES string of the molecule is CC(CCOCc1ccc(Cl)cc1)(Oc1ccc(O)cc1)C(=O)O. The van der Waals surface area contributed by atoms with E-state index in [2.05, 4.69) is 0 Å². The van der Waals surface area contributed by atoms with Crippen molar-refractivity contribution in [2.45, 2.75) is 25.6 Å². The molecule has 0 saturated heterocycles. The van der Waals surface area contributed by atoms with Crippen LogP contribution in [0.15, 0.2) is 48.5 Å². The van der Waals surface area contributed by atoms with Gasteiger partial charge in [0, 0.05) is 11.4 Å². The van der Waals surface area contributed by atoms with E-state index >= 15 is 0 Å². The highest BCUT2D eigenvalue weighted by Gasteiger charge is 2.35. The van der Waals surface area contributed by atoms with Gasteiger partial charge in [0.1, 0.15) is 11.5 Å². The maximum Gasteiger partial charge on any atom is 0.347 e. The molecule has 2 N–H and O–H groups in total. The fourth-order valence-electron chi connectivity index (χ4n) is 2.01. The van der Waals surface area contributed by atoms with Crippen LogP contribution in [-0.4, -0.2) is 28.4 Å². The minimum atomic E-state index is -1.42. The molecule has 0 saturated carbocycles. The average molecular weight is 351 g/mol. The van der Waals surface area contributed by atoms with Crippen LogP contribution < -0.4 is 4.74 Å². The van der Waals surface area contributed by atoms with Gasteiger partial charge in [-0.05, 0) is 48.9 Å². The van der Waals surface area contributed by atoms with Gasteiger partial charge in [0.15, 0.2) is 0 Å². The zero-order chi connectivity index (χ0) is 17.6. The molecule has 2 aromatic rings. The smallest absolute Gasteiger partial charge is 0.347 e. The normalized spacial score (nSPS) is 13.2. The van der Waals surface area contributed by atoms with E-state index in [1.165, 1.54) is 31.2 Å². The lowest BCUT2D eigenvalue weighted by molar-refractivity contribution is -0.155. The van der Waals surface area contributed by atoms with Crippen LogP contribution in [0, 0.1) is 0 Å². The van der Waals surface area contributed by atoms with E-state index in [4.69, 9.17) is 21.1 Å². The first-order valence-corrected chi connectivity index (χ1v) is 7.80. The van der Waals surface area contributed by atoms with Gasteiger partial charge in [-0.2, -0.15) is 0 Å². The van der Waals surface area contributed by atoms with Gasteiger partial charge in [-0.25, -0.2) is 4.79 Å². The Kier molecular flexibility index (Phi) is 6.06. The number of hydrogen-bond acceptors (Lipinski definition) is 4. The van der Waals surface area contributed by atoms with Crippen LogP contribution in [0.5, 0.6) is 11.5 Å². The molecule has 2 rings (SSSR count). The van der Waals surface area contributed by atoms with Crippen LogP contribution in [0.3, 0.4) is 0 Å². The fourth-order valence-corrected chi connectivity index (χ4v) is 2.14. The maximum atomic E-state index is 11.5. The monoisotopic (exact) mass is 350 g/mol. The molecule has 5 nitrogen and oxygen atoms in total. The predicted molar refractivity (Wildman–Crippen MR) is 90.5 cm³/mol. The Hall–Kier alpha value is -2.24. The maximum absolute atomic E-state index is 11.5. The number of rotatable bonds is 8. The van der Waals surface area contributed by atoms with E-state index in [9.17, 15) is 15.0 Å². The summed E-state index contributed by atoms with van der Waals surface area (Å²) in [6, 6.07) is 13.2. The number of phenolic OH excluding ortho intramolecular Hbond substituents is 1. The predicted octanol–water partition coefficient (Wildman–Crippen LogP) is 3.87. The van der Waals surface area contributed by atoms with E-state index in [1.54, 1.807) is 12.1 Å². The highest BCUT2D eigenvalue weighted by molar-refractivity contribution is 6.30. The summed E-state index contributed by atoms with van der Waals surface area (Å²) in [7, 11) is 0. The molecule has 6 heteroatoms. The number of ether oxygens (including phenoxy) is 2. The lowest BCUT2D eigenvalue weighted by atomic mass is 10.0. The molecule has 0 spiro atoms. The molecule has 0 aromatic heterocycles. The Morgan fingerprint density at radius 3 is 2.33 bits per heavy atom. The molecule has 128 valence electrons. The fraction of sp³-hybridized carbons (Fsp3) is 0.278. The third kappa shape index (κ3) is 5.15. The molecule has 0 heterocycles. The van der Waals surface area contributed by atoms with Crippen LogP contribution >= 0.6 is 11.6 Å². The Morgan fingerprint density at radius 2 is 1.75 bits per heavy atom. The molecule has 0 aliphatic carbocycles. The van der Waals surface area contributed by atoms with Crippen molar-refractivity contribution in [3.8, 4) is 11.5 Å². The summed E-state index contributed by atoms with van der Waals surface area (Å²) in [5.41, 5.74) is -0.465. The summed E-state index contributed by atoms with van der Waals surface area (Å²) in [6.07, 6.45) is 0.177. The topological polar surface area (TPSA) is 76.0 Å². The number of halogens is 1. The molecule has 0 radical (unpaired) electrons. The van der Waals surface area contributed by atoms with Crippen molar-refractivity contribution in [1.29, 1.82) is 0 Å². The first-order valence-electron chi connectivity index (χ1n) is 7.43. The van der Waals surface area contributed by atoms with Crippen molar-refractivity contribution in [3.05, 3.63) is 59.1 Å². The van der Waals surface area contributed by atoms with Crippen molar-refractivity contribution in [1.82, 2.24) is 0 Å². The second-order valence-electron chi connectivity index (χ2n) is 5.56. The van der Waals surface area contributed by atoms with Crippen LogP contribution in [0.1, 0.15) is 18.9 Å². The molecule has 0 bridgehead atoms. The summed E-state index contributed by atoms with van der Waals surface area (Å²) in [5, 5.41) is 19.4. The standard InChI is InChI=1S/C18H19ClO5/c1-18(17(21)22,24-16-8-6-15(20)7-9-16)10-11-23-12-13-2-4-14(19)5-3-13/h2-9,20H,10-12H2,1H3,(H,21,22). The van der Waals surface area contributed by atoms with E-state index in [0.717, 1.165) is 5.56 Å². The van der Waals surface area contributed by atoms with Gasteiger partial charge in [-0.1, -0.05) is 23.7 Å². The van der Waals surface area contributed by atoms with E-state index in [1.807, 2.05) is 12.1 Å². The summed E-state index contributed by atoms with van der Waals surface area (Å²) in [4.78, 5) is 11.5. The summed E-state index contributed by atoms with van der Waals surface area (Å²) >= 11 is 5.82. The lowest BCUT2D eigenvalue weighted by Crippen LogP contribution is -2.42. The number of hydrogen-bond donors (Lipinski definition) is 2. The van der Waals surface area contributed by atoms with Crippen LogP contribution in [-0.2, 0) is 16.1 Å². The Bertz CT molecular complexity index is 669. The van der Waals surface area contributed by atoms with Crippen LogP contribution in [0.25, 0.3) is 0 Å². The quantitative estimate of drug-likeness (QED) is 0.707. The van der Waals surface area contributed by atoms with Gasteiger partial charge in [0.25, 0.3) is 0 Å². The first kappa shape index (κ1) is 18.1. The van der Waals surface area contributed by atoms with Crippen molar-refractivity contribution in [2.24, 2.45) is 0 Å². The number of phenols is 1. The van der Waals surface area contributed by atoms with Gasteiger partial charge in [0.05, 0.1) is 13.2 Å². The molecule has 0 fully saturated rings. The molecule has 1 unspecified atom stereocenters. The molecular formula is C18H19ClO5. The molecule has 0 aliphatic rings. The van der Waals surface area contributed by atoms with Gasteiger partial charge >= 0.3 is 5.97 Å². The number of carbonyl (C=O) groups is 1. The summed E-state index contributed by atoms with van der Waals surface area (Å²) < 4.78 is 11.1. The number of benzene rings is 2. The molecule has 2 aromatic carbocycles. The van der Waals surface area contributed by atoms with Gasteiger partial charge in [-0.15, -0.1) is 0 Å². The van der Waals surface area contributed by atoms with Crippen molar-refractivity contribution in [3.63, 3.8) is 0 Å². The van der Waals surface area contributed by atoms with Crippen molar-refractivity contribution in [2.75, 3.05) is 6.61 Å². The van der Waals surface area contributed by atoms with Crippen LogP contribution in [0.2, 0.25) is 5.02 Å². The van der Waals surface area contributed by atoms with Gasteiger partial charge < -0.3 is 19.7 Å². The Morgan fingerprint density at radius 1 is 1.12 bits per heavy atom.